The Balaban J connectivity index is 2.51. The molecule has 6 heteroatoms. The number of hydrogen-bond donors (Lipinski definition) is 1. The molecule has 1 aromatic carbocycles. The van der Waals surface area contributed by atoms with Crippen LogP contribution in [0.2, 0.25) is 5.02 Å². The smallest absolute Gasteiger partial charge is 0.264 e. The van der Waals surface area contributed by atoms with Gasteiger partial charge in [0.15, 0.2) is 0 Å². The van der Waals surface area contributed by atoms with Gasteiger partial charge in [0, 0.05) is 17.7 Å². The van der Waals surface area contributed by atoms with Gasteiger partial charge in [0.25, 0.3) is 5.56 Å². The fourth-order valence-electron chi connectivity index (χ4n) is 1.48. The van der Waals surface area contributed by atoms with Gasteiger partial charge in [0.1, 0.15) is 9.39 Å². The molecule has 0 bridgehead atoms. The Kier molecular flexibility index (Phi) is 4.36. The fourth-order valence-corrected chi connectivity index (χ4v) is 2.02. The van der Waals surface area contributed by atoms with E-state index < -0.39 is 0 Å². The van der Waals surface area contributed by atoms with Crippen molar-refractivity contribution in [2.45, 2.75) is 6.61 Å². The third kappa shape index (κ3) is 2.90. The number of methoxy groups -OCH3 is 1. The van der Waals surface area contributed by atoms with E-state index in [1.165, 1.54) is 0 Å². The number of rotatable bonds is 3. The minimum atomic E-state index is -0.164. The van der Waals surface area contributed by atoms with Crippen LogP contribution in [0, 0.1) is 3.57 Å². The standard InChI is InChI=1S/C12H10ClIN2O2/c1-18-6-9-10(14)12(17)16-11(15-9)7-2-4-8(13)5-3-7/h2-5H,6H2,1H3,(H,15,16,17). The molecule has 0 radical (unpaired) electrons. The van der Waals surface area contributed by atoms with Gasteiger partial charge < -0.3 is 9.72 Å². The zero-order chi connectivity index (χ0) is 13.1. The van der Waals surface area contributed by atoms with Crippen LogP contribution in [0.5, 0.6) is 0 Å². The van der Waals surface area contributed by atoms with Crippen molar-refractivity contribution in [1.82, 2.24) is 9.97 Å². The lowest BCUT2D eigenvalue weighted by atomic mass is 10.2. The van der Waals surface area contributed by atoms with Gasteiger partial charge >= 0.3 is 0 Å². The van der Waals surface area contributed by atoms with E-state index in [0.717, 1.165) is 5.56 Å². The van der Waals surface area contributed by atoms with Crippen LogP contribution in [0.1, 0.15) is 5.69 Å². The molecule has 1 aromatic heterocycles. The fraction of sp³-hybridized carbons (Fsp3) is 0.167. The number of halogens is 2. The highest BCUT2D eigenvalue weighted by molar-refractivity contribution is 14.1. The summed E-state index contributed by atoms with van der Waals surface area (Å²) in [7, 11) is 1.57. The SMILES string of the molecule is COCc1nc(-c2ccc(Cl)cc2)[nH]c(=O)c1I. The van der Waals surface area contributed by atoms with E-state index in [1.807, 2.05) is 34.7 Å². The maximum atomic E-state index is 11.8. The molecule has 1 N–H and O–H groups in total. The lowest BCUT2D eigenvalue weighted by Gasteiger charge is -2.06. The number of H-pyrrole nitrogens is 1. The van der Waals surface area contributed by atoms with Gasteiger partial charge in [-0.1, -0.05) is 11.6 Å². The monoisotopic (exact) mass is 376 g/mol. The molecule has 1 heterocycles. The molecule has 0 atom stereocenters. The molecular weight excluding hydrogens is 367 g/mol. The molecule has 18 heavy (non-hydrogen) atoms. The zero-order valence-corrected chi connectivity index (χ0v) is 12.4. The Morgan fingerprint density at radius 3 is 2.67 bits per heavy atom. The molecule has 0 spiro atoms. The van der Waals surface area contributed by atoms with Crippen LogP contribution in [-0.2, 0) is 11.3 Å². The molecule has 94 valence electrons. The summed E-state index contributed by atoms with van der Waals surface area (Å²) in [6.45, 7) is 0.308. The molecule has 0 saturated carbocycles. The van der Waals surface area contributed by atoms with Crippen molar-refractivity contribution >= 4 is 34.2 Å². The Bertz CT molecular complexity index is 610. The predicted molar refractivity (Wildman–Crippen MR) is 78.7 cm³/mol. The largest absolute Gasteiger partial charge is 0.378 e. The third-order valence-corrected chi connectivity index (χ3v) is 3.69. The van der Waals surface area contributed by atoms with E-state index >= 15 is 0 Å². The third-order valence-electron chi connectivity index (χ3n) is 2.33. The summed E-state index contributed by atoms with van der Waals surface area (Å²) in [5, 5.41) is 0.642. The van der Waals surface area contributed by atoms with Crippen LogP contribution in [-0.4, -0.2) is 17.1 Å². The van der Waals surface area contributed by atoms with Gasteiger partial charge in [-0.2, -0.15) is 0 Å². The van der Waals surface area contributed by atoms with Gasteiger partial charge in [-0.05, 0) is 46.9 Å². The van der Waals surface area contributed by atoms with Crippen molar-refractivity contribution in [3.8, 4) is 11.4 Å². The molecule has 2 aromatic rings. The molecule has 0 fully saturated rings. The van der Waals surface area contributed by atoms with Crippen molar-refractivity contribution in [3.63, 3.8) is 0 Å². The normalized spacial score (nSPS) is 10.6. The first-order chi connectivity index (χ1) is 8.61. The van der Waals surface area contributed by atoms with E-state index in [4.69, 9.17) is 16.3 Å². The van der Waals surface area contributed by atoms with Crippen LogP contribution in [0.15, 0.2) is 29.1 Å². The highest BCUT2D eigenvalue weighted by atomic mass is 127. The summed E-state index contributed by atoms with van der Waals surface area (Å²) in [4.78, 5) is 18.9. The number of hydrogen-bond acceptors (Lipinski definition) is 3. The molecule has 0 aliphatic heterocycles. The van der Waals surface area contributed by atoms with Gasteiger partial charge in [0.2, 0.25) is 0 Å². The van der Waals surface area contributed by atoms with E-state index in [0.29, 0.717) is 26.7 Å². The molecule has 0 amide bonds. The maximum Gasteiger partial charge on any atom is 0.264 e. The number of ether oxygens (including phenoxy) is 1. The van der Waals surface area contributed by atoms with Gasteiger partial charge in [-0.15, -0.1) is 0 Å². The van der Waals surface area contributed by atoms with Crippen LogP contribution in [0.3, 0.4) is 0 Å². The first-order valence-electron chi connectivity index (χ1n) is 5.15. The first kappa shape index (κ1) is 13.5. The molecular formula is C12H10ClIN2O2. The average molecular weight is 377 g/mol. The zero-order valence-electron chi connectivity index (χ0n) is 9.54. The molecule has 0 saturated heterocycles. The van der Waals surface area contributed by atoms with Gasteiger partial charge in [-0.25, -0.2) is 4.98 Å². The Labute approximate surface area is 122 Å². The van der Waals surface area contributed by atoms with E-state index in [9.17, 15) is 4.79 Å². The van der Waals surface area contributed by atoms with Crippen LogP contribution < -0.4 is 5.56 Å². The minimum absolute atomic E-state index is 0.164. The van der Waals surface area contributed by atoms with Crippen molar-refractivity contribution in [1.29, 1.82) is 0 Å². The van der Waals surface area contributed by atoms with Crippen molar-refractivity contribution in [2.75, 3.05) is 7.11 Å². The summed E-state index contributed by atoms with van der Waals surface area (Å²) < 4.78 is 5.58. The van der Waals surface area contributed by atoms with Crippen LogP contribution in [0.4, 0.5) is 0 Å². The summed E-state index contributed by atoms with van der Waals surface area (Å²) in [5.74, 6) is 0.518. The lowest BCUT2D eigenvalue weighted by molar-refractivity contribution is 0.180. The molecule has 4 nitrogen and oxygen atoms in total. The number of nitrogens with zero attached hydrogens (tertiary/aromatic N) is 1. The summed E-state index contributed by atoms with van der Waals surface area (Å²) in [6.07, 6.45) is 0. The highest BCUT2D eigenvalue weighted by Gasteiger charge is 2.09. The minimum Gasteiger partial charge on any atom is -0.378 e. The van der Waals surface area contributed by atoms with E-state index in [2.05, 4.69) is 9.97 Å². The quantitative estimate of drug-likeness (QED) is 0.838. The summed E-state index contributed by atoms with van der Waals surface area (Å²) in [6, 6.07) is 7.13. The lowest BCUT2D eigenvalue weighted by Crippen LogP contribution is -2.16. The van der Waals surface area contributed by atoms with Crippen molar-refractivity contribution < 1.29 is 4.74 Å². The summed E-state index contributed by atoms with van der Waals surface area (Å²) in [5.41, 5.74) is 1.28. The maximum absolute atomic E-state index is 11.8. The molecule has 0 aliphatic rings. The van der Waals surface area contributed by atoms with Gasteiger partial charge in [-0.3, -0.25) is 4.79 Å². The molecule has 0 aliphatic carbocycles. The van der Waals surface area contributed by atoms with E-state index in [-0.39, 0.29) is 5.56 Å². The first-order valence-corrected chi connectivity index (χ1v) is 6.61. The average Bonchev–Trinajstić information content (AvgIpc) is 2.36. The summed E-state index contributed by atoms with van der Waals surface area (Å²) >= 11 is 7.79. The highest BCUT2D eigenvalue weighted by Crippen LogP contribution is 2.18. The van der Waals surface area contributed by atoms with Crippen molar-refractivity contribution in [2.24, 2.45) is 0 Å². The number of benzene rings is 1. The Morgan fingerprint density at radius 1 is 1.39 bits per heavy atom. The van der Waals surface area contributed by atoms with Crippen LogP contribution >= 0.6 is 34.2 Å². The molecule has 0 unspecified atom stereocenters. The second kappa shape index (κ2) is 5.81. The molecule has 2 rings (SSSR count). The predicted octanol–water partition coefficient (Wildman–Crippen LogP) is 2.84. The topological polar surface area (TPSA) is 55.0 Å². The van der Waals surface area contributed by atoms with E-state index in [1.54, 1.807) is 19.2 Å². The van der Waals surface area contributed by atoms with Gasteiger partial charge in [0.05, 0.1) is 12.3 Å². The second-order valence-electron chi connectivity index (χ2n) is 3.62. The Hall–Kier alpha value is -0.920. The van der Waals surface area contributed by atoms with Crippen molar-refractivity contribution in [3.05, 3.63) is 48.9 Å². The number of aromatic nitrogens is 2. The number of nitrogens with one attached hydrogen (secondary N) is 1. The number of aromatic amines is 1. The van der Waals surface area contributed by atoms with Crippen LogP contribution in [0.25, 0.3) is 11.4 Å². The second-order valence-corrected chi connectivity index (χ2v) is 5.13. The Morgan fingerprint density at radius 2 is 2.06 bits per heavy atom.